The lowest BCUT2D eigenvalue weighted by atomic mass is 9.77. The molecule has 0 aromatic heterocycles. The molecule has 0 N–H and O–H groups in total. The van der Waals surface area contributed by atoms with Crippen molar-refractivity contribution >= 4 is 11.9 Å². The van der Waals surface area contributed by atoms with E-state index < -0.39 is 6.36 Å². The van der Waals surface area contributed by atoms with Crippen molar-refractivity contribution in [1.29, 1.82) is 0 Å². The Bertz CT molecular complexity index is 821. The van der Waals surface area contributed by atoms with Gasteiger partial charge in [-0.3, -0.25) is 0 Å². The van der Waals surface area contributed by atoms with Gasteiger partial charge >= 0.3 is 6.36 Å². The zero-order chi connectivity index (χ0) is 20.7. The first-order valence-electron chi connectivity index (χ1n) is 9.96. The molecule has 0 unspecified atom stereocenters. The van der Waals surface area contributed by atoms with Crippen molar-refractivity contribution in [2.75, 3.05) is 0 Å². The molecule has 0 bridgehead atoms. The van der Waals surface area contributed by atoms with Crippen LogP contribution in [0, 0.1) is 11.8 Å². The van der Waals surface area contributed by atoms with Crippen molar-refractivity contribution in [3.8, 4) is 5.75 Å². The SMILES string of the molecule is CCC1CCC(C(=NN=Cc2ccc(OC(F)(F)F)cc2)c2ccccc2)CC1. The summed E-state index contributed by atoms with van der Waals surface area (Å²) < 4.78 is 40.6. The Kier molecular flexibility index (Phi) is 7.07. The van der Waals surface area contributed by atoms with Crippen LogP contribution in [0.2, 0.25) is 0 Å². The summed E-state index contributed by atoms with van der Waals surface area (Å²) in [6, 6.07) is 15.6. The number of rotatable bonds is 6. The Morgan fingerprint density at radius 3 is 2.24 bits per heavy atom. The predicted octanol–water partition coefficient (Wildman–Crippen LogP) is 6.62. The van der Waals surface area contributed by atoms with E-state index in [9.17, 15) is 13.2 Å². The molecule has 154 valence electrons. The lowest BCUT2D eigenvalue weighted by molar-refractivity contribution is -0.274. The first-order chi connectivity index (χ1) is 13.9. The minimum atomic E-state index is -4.69. The van der Waals surface area contributed by atoms with Gasteiger partial charge in [-0.25, -0.2) is 0 Å². The van der Waals surface area contributed by atoms with Crippen LogP contribution in [-0.4, -0.2) is 18.3 Å². The third-order valence-corrected chi connectivity index (χ3v) is 5.37. The van der Waals surface area contributed by atoms with Gasteiger partial charge in [0.2, 0.25) is 0 Å². The van der Waals surface area contributed by atoms with E-state index in [0.717, 1.165) is 30.0 Å². The average Bonchev–Trinajstić information content (AvgIpc) is 2.72. The Balaban J connectivity index is 1.74. The summed E-state index contributed by atoms with van der Waals surface area (Å²) in [6.45, 7) is 2.24. The summed E-state index contributed by atoms with van der Waals surface area (Å²) >= 11 is 0. The van der Waals surface area contributed by atoms with E-state index in [2.05, 4.69) is 21.9 Å². The second kappa shape index (κ2) is 9.72. The van der Waals surface area contributed by atoms with Crippen LogP contribution >= 0.6 is 0 Å². The van der Waals surface area contributed by atoms with E-state index in [1.165, 1.54) is 43.5 Å². The Hall–Kier alpha value is -2.63. The van der Waals surface area contributed by atoms with Gasteiger partial charge in [-0.2, -0.15) is 10.2 Å². The summed E-state index contributed by atoms with van der Waals surface area (Å²) in [5, 5.41) is 8.76. The summed E-state index contributed by atoms with van der Waals surface area (Å²) in [4.78, 5) is 0. The van der Waals surface area contributed by atoms with Gasteiger partial charge in [0.05, 0.1) is 11.9 Å². The lowest BCUT2D eigenvalue weighted by Gasteiger charge is -2.28. The predicted molar refractivity (Wildman–Crippen MR) is 109 cm³/mol. The molecule has 0 amide bonds. The third-order valence-electron chi connectivity index (χ3n) is 5.37. The van der Waals surface area contributed by atoms with Gasteiger partial charge in [-0.05, 0) is 67.0 Å². The van der Waals surface area contributed by atoms with Crippen LogP contribution in [0.25, 0.3) is 0 Å². The second-order valence-corrected chi connectivity index (χ2v) is 7.34. The topological polar surface area (TPSA) is 34.0 Å². The number of alkyl halides is 3. The molecule has 1 aliphatic rings. The Labute approximate surface area is 169 Å². The molecule has 0 heterocycles. The smallest absolute Gasteiger partial charge is 0.406 e. The van der Waals surface area contributed by atoms with Crippen molar-refractivity contribution in [3.05, 3.63) is 65.7 Å². The molecule has 0 radical (unpaired) electrons. The van der Waals surface area contributed by atoms with Gasteiger partial charge in [0, 0.05) is 5.92 Å². The first-order valence-corrected chi connectivity index (χ1v) is 9.96. The Morgan fingerprint density at radius 1 is 1.00 bits per heavy atom. The maximum Gasteiger partial charge on any atom is 0.573 e. The fourth-order valence-corrected chi connectivity index (χ4v) is 3.74. The number of halogens is 3. The van der Waals surface area contributed by atoms with E-state index in [0.29, 0.717) is 11.5 Å². The molecule has 29 heavy (non-hydrogen) atoms. The van der Waals surface area contributed by atoms with Crippen molar-refractivity contribution in [1.82, 2.24) is 0 Å². The van der Waals surface area contributed by atoms with Crippen LogP contribution in [-0.2, 0) is 0 Å². The number of hydrogen-bond donors (Lipinski definition) is 0. The largest absolute Gasteiger partial charge is 0.573 e. The molecule has 1 fully saturated rings. The summed E-state index contributed by atoms with van der Waals surface area (Å²) in [6.07, 6.45) is 2.70. The number of nitrogens with zero attached hydrogens (tertiary/aromatic N) is 2. The van der Waals surface area contributed by atoms with Gasteiger partial charge in [-0.1, -0.05) is 43.7 Å². The Morgan fingerprint density at radius 2 is 1.66 bits per heavy atom. The zero-order valence-corrected chi connectivity index (χ0v) is 16.4. The lowest BCUT2D eigenvalue weighted by Crippen LogP contribution is -2.22. The number of benzene rings is 2. The van der Waals surface area contributed by atoms with Crippen LogP contribution < -0.4 is 4.74 Å². The molecule has 0 atom stereocenters. The van der Waals surface area contributed by atoms with Gasteiger partial charge in [0.25, 0.3) is 0 Å². The number of hydrogen-bond acceptors (Lipinski definition) is 3. The normalized spacial score (nSPS) is 20.8. The molecule has 0 spiro atoms. The highest BCUT2D eigenvalue weighted by atomic mass is 19.4. The molecule has 2 aromatic carbocycles. The van der Waals surface area contributed by atoms with Crippen LogP contribution in [0.3, 0.4) is 0 Å². The van der Waals surface area contributed by atoms with E-state index in [-0.39, 0.29) is 5.75 Å². The zero-order valence-electron chi connectivity index (χ0n) is 16.4. The summed E-state index contributed by atoms with van der Waals surface area (Å²) in [5.74, 6) is 0.917. The molecular weight excluding hydrogens is 377 g/mol. The van der Waals surface area contributed by atoms with Gasteiger partial charge in [0.15, 0.2) is 0 Å². The minimum Gasteiger partial charge on any atom is -0.406 e. The number of ether oxygens (including phenoxy) is 1. The van der Waals surface area contributed by atoms with Crippen LogP contribution in [0.1, 0.15) is 50.2 Å². The van der Waals surface area contributed by atoms with Crippen LogP contribution in [0.5, 0.6) is 5.75 Å². The molecule has 1 aliphatic carbocycles. The molecule has 2 aromatic rings. The standard InChI is InChI=1S/C23H25F3N2O/c1-2-17-8-12-20(13-9-17)22(19-6-4-3-5-7-19)28-27-16-18-10-14-21(15-11-18)29-23(24,25)26/h3-7,10-11,14-17,20H,2,8-9,12-13H2,1H3. The molecule has 3 rings (SSSR count). The van der Waals surface area contributed by atoms with Gasteiger partial charge in [0.1, 0.15) is 5.75 Å². The maximum atomic E-state index is 12.3. The maximum absolute atomic E-state index is 12.3. The van der Waals surface area contributed by atoms with Gasteiger partial charge in [-0.15, -0.1) is 13.2 Å². The molecular formula is C23H25F3N2O. The van der Waals surface area contributed by atoms with Crippen molar-refractivity contribution in [2.45, 2.75) is 45.4 Å². The molecule has 0 saturated heterocycles. The minimum absolute atomic E-state index is 0.254. The van der Waals surface area contributed by atoms with Crippen LogP contribution in [0.4, 0.5) is 13.2 Å². The third kappa shape index (κ3) is 6.44. The van der Waals surface area contributed by atoms with E-state index in [1.807, 2.05) is 30.3 Å². The van der Waals surface area contributed by atoms with Gasteiger partial charge < -0.3 is 4.74 Å². The highest BCUT2D eigenvalue weighted by Gasteiger charge is 2.31. The average molecular weight is 402 g/mol. The van der Waals surface area contributed by atoms with E-state index in [1.54, 1.807) is 6.21 Å². The van der Waals surface area contributed by atoms with Crippen molar-refractivity contribution in [3.63, 3.8) is 0 Å². The summed E-state index contributed by atoms with van der Waals surface area (Å²) in [7, 11) is 0. The fourth-order valence-electron chi connectivity index (χ4n) is 3.74. The van der Waals surface area contributed by atoms with E-state index >= 15 is 0 Å². The van der Waals surface area contributed by atoms with Crippen molar-refractivity contribution in [2.24, 2.45) is 22.0 Å². The van der Waals surface area contributed by atoms with Crippen LogP contribution in [0.15, 0.2) is 64.8 Å². The highest BCUT2D eigenvalue weighted by molar-refractivity contribution is 6.02. The molecule has 6 heteroatoms. The quantitative estimate of drug-likeness (QED) is 0.395. The monoisotopic (exact) mass is 402 g/mol. The van der Waals surface area contributed by atoms with Crippen molar-refractivity contribution < 1.29 is 17.9 Å². The van der Waals surface area contributed by atoms with E-state index in [4.69, 9.17) is 0 Å². The fraction of sp³-hybridized carbons (Fsp3) is 0.391. The highest BCUT2D eigenvalue weighted by Crippen LogP contribution is 2.33. The molecule has 3 nitrogen and oxygen atoms in total. The molecule has 1 saturated carbocycles. The first kappa shape index (κ1) is 21.1. The summed E-state index contributed by atoms with van der Waals surface area (Å²) in [5.41, 5.74) is 2.71. The molecule has 0 aliphatic heterocycles. The second-order valence-electron chi connectivity index (χ2n) is 7.34.